The van der Waals surface area contributed by atoms with E-state index in [1.807, 2.05) is 0 Å². The van der Waals surface area contributed by atoms with Gasteiger partial charge in [-0.2, -0.15) is 0 Å². The van der Waals surface area contributed by atoms with Crippen LogP contribution in [0.25, 0.3) is 0 Å². The topological polar surface area (TPSA) is 15.3 Å². The Labute approximate surface area is 111 Å². The molecule has 18 heavy (non-hydrogen) atoms. The maximum absolute atomic E-state index is 3.68. The van der Waals surface area contributed by atoms with E-state index in [0.29, 0.717) is 12.1 Å². The molecule has 0 spiro atoms. The van der Waals surface area contributed by atoms with Crippen molar-refractivity contribution in [3.8, 4) is 0 Å². The highest BCUT2D eigenvalue weighted by Crippen LogP contribution is 2.21. The van der Waals surface area contributed by atoms with Crippen LogP contribution in [-0.2, 0) is 6.42 Å². The van der Waals surface area contributed by atoms with Gasteiger partial charge in [-0.1, -0.05) is 30.3 Å². The van der Waals surface area contributed by atoms with Crippen LogP contribution >= 0.6 is 0 Å². The molecule has 2 nitrogen and oxygen atoms in total. The predicted octanol–water partition coefficient (Wildman–Crippen LogP) is 2.69. The van der Waals surface area contributed by atoms with Gasteiger partial charge >= 0.3 is 0 Å². The fourth-order valence-corrected chi connectivity index (χ4v) is 2.90. The van der Waals surface area contributed by atoms with Crippen LogP contribution in [0.4, 0.5) is 0 Å². The highest BCUT2D eigenvalue weighted by atomic mass is 15.3. The van der Waals surface area contributed by atoms with Crippen molar-refractivity contribution < 1.29 is 0 Å². The average molecular weight is 246 g/mol. The smallest absolute Gasteiger partial charge is 0.0236 e. The molecule has 1 aliphatic heterocycles. The molecule has 1 N–H and O–H groups in total. The van der Waals surface area contributed by atoms with Gasteiger partial charge in [0, 0.05) is 30.7 Å². The normalized spacial score (nSPS) is 26.2. The molecule has 1 aromatic rings. The van der Waals surface area contributed by atoms with Crippen LogP contribution in [0.3, 0.4) is 0 Å². The summed E-state index contributed by atoms with van der Waals surface area (Å²) in [6.07, 6.45) is 1.13. The second-order valence-corrected chi connectivity index (χ2v) is 6.47. The summed E-state index contributed by atoms with van der Waals surface area (Å²) in [6.45, 7) is 11.5. The third kappa shape index (κ3) is 3.33. The minimum Gasteiger partial charge on any atom is -0.311 e. The molecule has 2 rings (SSSR count). The lowest BCUT2D eigenvalue weighted by atomic mass is 9.96. The van der Waals surface area contributed by atoms with Crippen molar-refractivity contribution in [3.63, 3.8) is 0 Å². The van der Waals surface area contributed by atoms with Gasteiger partial charge in [-0.05, 0) is 39.7 Å². The van der Waals surface area contributed by atoms with E-state index in [2.05, 4.69) is 68.2 Å². The van der Waals surface area contributed by atoms with Gasteiger partial charge in [0.1, 0.15) is 0 Å². The molecule has 0 bridgehead atoms. The van der Waals surface area contributed by atoms with Gasteiger partial charge in [0.15, 0.2) is 0 Å². The summed E-state index contributed by atoms with van der Waals surface area (Å²) in [5, 5.41) is 3.68. The maximum atomic E-state index is 3.68. The SMILES string of the molecule is CC1CNC(Cc2ccccc2)CN1C(C)(C)C. The third-order valence-electron chi connectivity index (χ3n) is 3.84. The second-order valence-electron chi connectivity index (χ2n) is 6.47. The highest BCUT2D eigenvalue weighted by Gasteiger charge is 2.32. The molecular formula is C16H26N2. The number of nitrogens with one attached hydrogen (secondary N) is 1. The van der Waals surface area contributed by atoms with Crippen LogP contribution in [0.5, 0.6) is 0 Å². The summed E-state index contributed by atoms with van der Waals surface area (Å²) < 4.78 is 0. The highest BCUT2D eigenvalue weighted by molar-refractivity contribution is 5.16. The van der Waals surface area contributed by atoms with Gasteiger partial charge in [-0.15, -0.1) is 0 Å². The summed E-state index contributed by atoms with van der Waals surface area (Å²) in [5.41, 5.74) is 1.69. The van der Waals surface area contributed by atoms with E-state index >= 15 is 0 Å². The minimum atomic E-state index is 0.260. The summed E-state index contributed by atoms with van der Waals surface area (Å²) in [4.78, 5) is 2.62. The van der Waals surface area contributed by atoms with Gasteiger partial charge in [0.2, 0.25) is 0 Å². The first kappa shape index (κ1) is 13.6. The van der Waals surface area contributed by atoms with Crippen LogP contribution in [0, 0.1) is 0 Å². The van der Waals surface area contributed by atoms with E-state index in [4.69, 9.17) is 0 Å². The molecule has 0 aromatic heterocycles. The molecule has 0 saturated carbocycles. The molecule has 100 valence electrons. The van der Waals surface area contributed by atoms with E-state index in [0.717, 1.165) is 19.5 Å². The van der Waals surface area contributed by atoms with Crippen molar-refractivity contribution in [1.82, 2.24) is 10.2 Å². The van der Waals surface area contributed by atoms with E-state index in [-0.39, 0.29) is 5.54 Å². The third-order valence-corrected chi connectivity index (χ3v) is 3.84. The van der Waals surface area contributed by atoms with E-state index in [1.165, 1.54) is 5.56 Å². The first-order valence-electron chi connectivity index (χ1n) is 7.01. The zero-order valence-corrected chi connectivity index (χ0v) is 12.1. The van der Waals surface area contributed by atoms with Gasteiger partial charge in [-0.3, -0.25) is 4.90 Å². The van der Waals surface area contributed by atoms with Crippen LogP contribution in [0.1, 0.15) is 33.3 Å². The second kappa shape index (κ2) is 5.41. The van der Waals surface area contributed by atoms with E-state index in [1.54, 1.807) is 0 Å². The lowest BCUT2D eigenvalue weighted by molar-refractivity contribution is 0.0498. The fraction of sp³-hybridized carbons (Fsp3) is 0.625. The first-order chi connectivity index (χ1) is 8.47. The Bertz CT molecular complexity index is 366. The standard InChI is InChI=1S/C16H26N2/c1-13-11-17-15(12-18(13)16(2,3)4)10-14-8-6-5-7-9-14/h5-9,13,15,17H,10-12H2,1-4H3. The monoisotopic (exact) mass is 246 g/mol. The Kier molecular flexibility index (Phi) is 4.08. The first-order valence-corrected chi connectivity index (χ1v) is 7.01. The summed E-state index contributed by atoms with van der Waals surface area (Å²) >= 11 is 0. The number of rotatable bonds is 2. The fourth-order valence-electron chi connectivity index (χ4n) is 2.90. The molecule has 1 aromatic carbocycles. The Hall–Kier alpha value is -0.860. The van der Waals surface area contributed by atoms with E-state index in [9.17, 15) is 0 Å². The van der Waals surface area contributed by atoms with Crippen molar-refractivity contribution in [2.75, 3.05) is 13.1 Å². The number of piperazine rings is 1. The largest absolute Gasteiger partial charge is 0.311 e. The van der Waals surface area contributed by atoms with Crippen molar-refractivity contribution >= 4 is 0 Å². The maximum Gasteiger partial charge on any atom is 0.0236 e. The Morgan fingerprint density at radius 1 is 1.22 bits per heavy atom. The molecule has 1 heterocycles. The van der Waals surface area contributed by atoms with Gasteiger partial charge in [0.25, 0.3) is 0 Å². The predicted molar refractivity (Wildman–Crippen MR) is 77.9 cm³/mol. The van der Waals surface area contributed by atoms with Crippen LogP contribution in [-0.4, -0.2) is 35.6 Å². The molecule has 0 radical (unpaired) electrons. The van der Waals surface area contributed by atoms with Gasteiger partial charge < -0.3 is 5.32 Å². The van der Waals surface area contributed by atoms with Crippen molar-refractivity contribution in [3.05, 3.63) is 35.9 Å². The lowest BCUT2D eigenvalue weighted by Crippen LogP contribution is -2.61. The number of benzene rings is 1. The number of hydrogen-bond donors (Lipinski definition) is 1. The molecular weight excluding hydrogens is 220 g/mol. The molecule has 2 atom stereocenters. The van der Waals surface area contributed by atoms with Crippen molar-refractivity contribution in [2.24, 2.45) is 0 Å². The number of hydrogen-bond acceptors (Lipinski definition) is 2. The molecule has 2 heteroatoms. The van der Waals surface area contributed by atoms with Crippen LogP contribution in [0.2, 0.25) is 0 Å². The lowest BCUT2D eigenvalue weighted by Gasteiger charge is -2.46. The molecule has 1 fully saturated rings. The van der Waals surface area contributed by atoms with Crippen LogP contribution in [0.15, 0.2) is 30.3 Å². The summed E-state index contributed by atoms with van der Waals surface area (Å²) in [7, 11) is 0. The molecule has 1 saturated heterocycles. The zero-order chi connectivity index (χ0) is 13.2. The molecule has 0 aliphatic carbocycles. The zero-order valence-electron chi connectivity index (χ0n) is 12.1. The molecule has 0 amide bonds. The minimum absolute atomic E-state index is 0.260. The molecule has 2 unspecified atom stereocenters. The van der Waals surface area contributed by atoms with Gasteiger partial charge in [0.05, 0.1) is 0 Å². The quantitative estimate of drug-likeness (QED) is 0.863. The Morgan fingerprint density at radius 2 is 1.89 bits per heavy atom. The van der Waals surface area contributed by atoms with Crippen molar-refractivity contribution in [2.45, 2.75) is 51.7 Å². The Balaban J connectivity index is 2.00. The molecule has 1 aliphatic rings. The number of nitrogens with zero attached hydrogens (tertiary/aromatic N) is 1. The van der Waals surface area contributed by atoms with Gasteiger partial charge in [-0.25, -0.2) is 0 Å². The summed E-state index contributed by atoms with van der Waals surface area (Å²) in [5.74, 6) is 0. The summed E-state index contributed by atoms with van der Waals surface area (Å²) in [6, 6.07) is 12.0. The Morgan fingerprint density at radius 3 is 2.50 bits per heavy atom. The van der Waals surface area contributed by atoms with E-state index < -0.39 is 0 Å². The van der Waals surface area contributed by atoms with Crippen molar-refractivity contribution in [1.29, 1.82) is 0 Å². The average Bonchev–Trinajstić information content (AvgIpc) is 2.31. The van der Waals surface area contributed by atoms with Crippen LogP contribution < -0.4 is 5.32 Å².